The lowest BCUT2D eigenvalue weighted by atomic mass is 10.2. The van der Waals surface area contributed by atoms with E-state index in [0.717, 1.165) is 0 Å². The molecule has 2 N–H and O–H groups in total. The first-order chi connectivity index (χ1) is 6.18. The van der Waals surface area contributed by atoms with Crippen molar-refractivity contribution in [3.63, 3.8) is 0 Å². The molecular formula is C9H6ClFN2. The van der Waals surface area contributed by atoms with Crippen molar-refractivity contribution < 1.29 is 4.39 Å². The molecule has 0 saturated heterocycles. The van der Waals surface area contributed by atoms with Gasteiger partial charge in [-0.05, 0) is 18.2 Å². The molecule has 2 aromatic rings. The predicted octanol–water partition coefficient (Wildman–Crippen LogP) is 2.61. The number of hydrogen-bond donors (Lipinski definition) is 1. The highest BCUT2D eigenvalue weighted by Gasteiger charge is 2.04. The molecule has 1 heterocycles. The van der Waals surface area contributed by atoms with Crippen LogP contribution in [0, 0.1) is 5.82 Å². The second-order valence-electron chi connectivity index (χ2n) is 2.68. The number of halogens is 2. The third kappa shape index (κ3) is 1.31. The van der Waals surface area contributed by atoms with Crippen molar-refractivity contribution in [2.75, 3.05) is 5.73 Å². The second kappa shape index (κ2) is 2.85. The van der Waals surface area contributed by atoms with Gasteiger partial charge in [0.25, 0.3) is 0 Å². The number of nitrogens with two attached hydrogens (primary N) is 1. The lowest BCUT2D eigenvalue weighted by Gasteiger charge is -2.02. The van der Waals surface area contributed by atoms with Crippen LogP contribution in [0.25, 0.3) is 10.9 Å². The molecule has 2 rings (SSSR count). The van der Waals surface area contributed by atoms with Crippen LogP contribution in [0.5, 0.6) is 0 Å². The summed E-state index contributed by atoms with van der Waals surface area (Å²) in [5, 5.41) is 0.894. The number of fused-ring (bicyclic) bond motifs is 1. The fraction of sp³-hybridized carbons (Fsp3) is 0. The van der Waals surface area contributed by atoms with Crippen molar-refractivity contribution in [3.8, 4) is 0 Å². The summed E-state index contributed by atoms with van der Waals surface area (Å²) in [5.74, 6) is -0.344. The number of rotatable bonds is 0. The van der Waals surface area contributed by atoms with E-state index in [-0.39, 0.29) is 5.82 Å². The van der Waals surface area contributed by atoms with Crippen LogP contribution in [-0.2, 0) is 0 Å². The molecule has 0 spiro atoms. The van der Waals surface area contributed by atoms with E-state index in [0.29, 0.717) is 21.6 Å². The fourth-order valence-electron chi connectivity index (χ4n) is 1.16. The number of pyridine rings is 1. The topological polar surface area (TPSA) is 38.9 Å². The third-order valence-electron chi connectivity index (χ3n) is 1.82. The summed E-state index contributed by atoms with van der Waals surface area (Å²) in [6, 6.07) is 4.23. The smallest absolute Gasteiger partial charge is 0.124 e. The SMILES string of the molecule is Nc1c(Cl)cnc2ccc(F)cc12. The number of anilines is 1. The third-order valence-corrected chi connectivity index (χ3v) is 2.12. The first-order valence-electron chi connectivity index (χ1n) is 3.68. The molecule has 0 aliphatic heterocycles. The Morgan fingerprint density at radius 1 is 1.38 bits per heavy atom. The van der Waals surface area contributed by atoms with Crippen molar-refractivity contribution in [1.29, 1.82) is 0 Å². The largest absolute Gasteiger partial charge is 0.397 e. The highest BCUT2D eigenvalue weighted by atomic mass is 35.5. The summed E-state index contributed by atoms with van der Waals surface area (Å²) >= 11 is 5.73. The number of nitrogen functional groups attached to an aromatic ring is 1. The minimum atomic E-state index is -0.344. The Balaban J connectivity index is 2.89. The average Bonchev–Trinajstić information content (AvgIpc) is 2.12. The van der Waals surface area contributed by atoms with Crippen molar-refractivity contribution in [3.05, 3.63) is 35.2 Å². The molecule has 0 radical (unpaired) electrons. The second-order valence-corrected chi connectivity index (χ2v) is 3.09. The highest BCUT2D eigenvalue weighted by Crippen LogP contribution is 2.26. The van der Waals surface area contributed by atoms with Gasteiger partial charge in [0, 0.05) is 11.6 Å². The van der Waals surface area contributed by atoms with Gasteiger partial charge in [-0.25, -0.2) is 4.39 Å². The molecule has 1 aromatic carbocycles. The molecule has 0 atom stereocenters. The molecule has 0 saturated carbocycles. The highest BCUT2D eigenvalue weighted by molar-refractivity contribution is 6.34. The van der Waals surface area contributed by atoms with Crippen LogP contribution >= 0.6 is 11.6 Å². The van der Waals surface area contributed by atoms with Crippen molar-refractivity contribution in [2.24, 2.45) is 0 Å². The van der Waals surface area contributed by atoms with Crippen LogP contribution in [0.4, 0.5) is 10.1 Å². The maximum absolute atomic E-state index is 12.8. The normalized spacial score (nSPS) is 10.6. The summed E-state index contributed by atoms with van der Waals surface area (Å²) in [6.45, 7) is 0. The van der Waals surface area contributed by atoms with Crippen LogP contribution in [0.3, 0.4) is 0 Å². The van der Waals surface area contributed by atoms with Crippen molar-refractivity contribution in [1.82, 2.24) is 4.98 Å². The van der Waals surface area contributed by atoms with Gasteiger partial charge in [-0.3, -0.25) is 4.98 Å². The summed E-state index contributed by atoms with van der Waals surface area (Å²) < 4.78 is 12.8. The molecule has 0 fully saturated rings. The van der Waals surface area contributed by atoms with Gasteiger partial charge in [-0.2, -0.15) is 0 Å². The van der Waals surface area contributed by atoms with Crippen LogP contribution in [-0.4, -0.2) is 4.98 Å². The molecular weight excluding hydrogens is 191 g/mol. The Morgan fingerprint density at radius 2 is 2.15 bits per heavy atom. The number of nitrogens with zero attached hydrogens (tertiary/aromatic N) is 1. The van der Waals surface area contributed by atoms with E-state index in [1.165, 1.54) is 18.3 Å². The molecule has 0 aliphatic rings. The summed E-state index contributed by atoms with van der Waals surface area (Å²) in [7, 11) is 0. The van der Waals surface area contributed by atoms with Crippen molar-refractivity contribution >= 4 is 28.2 Å². The maximum Gasteiger partial charge on any atom is 0.124 e. The van der Waals surface area contributed by atoms with Crippen LogP contribution in [0.2, 0.25) is 5.02 Å². The zero-order chi connectivity index (χ0) is 9.42. The zero-order valence-electron chi connectivity index (χ0n) is 6.59. The number of aromatic nitrogens is 1. The molecule has 4 heteroatoms. The van der Waals surface area contributed by atoms with Crippen LogP contribution < -0.4 is 5.73 Å². The van der Waals surface area contributed by atoms with Gasteiger partial charge in [-0.1, -0.05) is 11.6 Å². The monoisotopic (exact) mass is 196 g/mol. The lowest BCUT2D eigenvalue weighted by Crippen LogP contribution is -1.91. The molecule has 66 valence electrons. The van der Waals surface area contributed by atoms with E-state index < -0.39 is 0 Å². The van der Waals surface area contributed by atoms with Crippen LogP contribution in [0.15, 0.2) is 24.4 Å². The van der Waals surface area contributed by atoms with Gasteiger partial charge in [0.15, 0.2) is 0 Å². The molecule has 13 heavy (non-hydrogen) atoms. The van der Waals surface area contributed by atoms with Gasteiger partial charge < -0.3 is 5.73 Å². The predicted molar refractivity (Wildman–Crippen MR) is 51.1 cm³/mol. The summed E-state index contributed by atoms with van der Waals surface area (Å²) in [4.78, 5) is 4.00. The Hall–Kier alpha value is -1.35. The lowest BCUT2D eigenvalue weighted by molar-refractivity contribution is 0.629. The van der Waals surface area contributed by atoms with E-state index >= 15 is 0 Å². The molecule has 0 amide bonds. The van der Waals surface area contributed by atoms with Gasteiger partial charge in [0.05, 0.1) is 16.2 Å². The molecule has 2 nitrogen and oxygen atoms in total. The Labute approximate surface area is 79.1 Å². The Bertz CT molecular complexity index is 465. The number of benzene rings is 1. The minimum Gasteiger partial charge on any atom is -0.397 e. The first-order valence-corrected chi connectivity index (χ1v) is 4.05. The molecule has 0 aliphatic carbocycles. The maximum atomic E-state index is 12.8. The van der Waals surface area contributed by atoms with Crippen LogP contribution in [0.1, 0.15) is 0 Å². The Morgan fingerprint density at radius 3 is 2.92 bits per heavy atom. The van der Waals surface area contributed by atoms with E-state index in [9.17, 15) is 4.39 Å². The zero-order valence-corrected chi connectivity index (χ0v) is 7.35. The minimum absolute atomic E-state index is 0.344. The first kappa shape index (κ1) is 8.26. The quantitative estimate of drug-likeness (QED) is 0.704. The van der Waals surface area contributed by atoms with Gasteiger partial charge in [0.2, 0.25) is 0 Å². The van der Waals surface area contributed by atoms with Gasteiger partial charge in [0.1, 0.15) is 5.82 Å². The number of hydrogen-bond acceptors (Lipinski definition) is 2. The molecule has 1 aromatic heterocycles. The average molecular weight is 197 g/mol. The fourth-order valence-corrected chi connectivity index (χ4v) is 1.31. The summed E-state index contributed by atoms with van der Waals surface area (Å²) in [5.41, 5.74) is 6.66. The van der Waals surface area contributed by atoms with E-state index in [4.69, 9.17) is 17.3 Å². The summed E-state index contributed by atoms with van der Waals surface area (Å²) in [6.07, 6.45) is 1.46. The standard InChI is InChI=1S/C9H6ClFN2/c10-7-4-13-8-2-1-5(11)3-6(8)9(7)12/h1-4H,(H2,12,13). The molecule has 0 unspecified atom stereocenters. The molecule has 0 bridgehead atoms. The van der Waals surface area contributed by atoms with E-state index in [1.807, 2.05) is 0 Å². The van der Waals surface area contributed by atoms with Crippen molar-refractivity contribution in [2.45, 2.75) is 0 Å². The van der Waals surface area contributed by atoms with E-state index in [1.54, 1.807) is 6.07 Å². The van der Waals surface area contributed by atoms with Gasteiger partial charge in [-0.15, -0.1) is 0 Å². The van der Waals surface area contributed by atoms with E-state index in [2.05, 4.69) is 4.98 Å². The Kier molecular flexibility index (Phi) is 1.81. The van der Waals surface area contributed by atoms with Gasteiger partial charge >= 0.3 is 0 Å².